The third-order valence-electron chi connectivity index (χ3n) is 1.46. The van der Waals surface area contributed by atoms with Gasteiger partial charge in [0.25, 0.3) is 0 Å². The van der Waals surface area contributed by atoms with Gasteiger partial charge < -0.3 is 15.7 Å². The van der Waals surface area contributed by atoms with E-state index in [-0.39, 0.29) is 30.6 Å². The van der Waals surface area contributed by atoms with Gasteiger partial charge in [0, 0.05) is 11.6 Å². The lowest BCUT2D eigenvalue weighted by Crippen LogP contribution is -2.46. The summed E-state index contributed by atoms with van der Waals surface area (Å²) in [5.74, 6) is -0.0866. The first kappa shape index (κ1) is 12.4. The fourth-order valence-electron chi connectivity index (χ4n) is 0.717. The maximum atomic E-state index is 11.2. The third-order valence-corrected chi connectivity index (χ3v) is 1.46. The number of rotatable bonds is 4. The van der Waals surface area contributed by atoms with Gasteiger partial charge in [0.05, 0.1) is 13.2 Å². The smallest absolute Gasteiger partial charge is 0.234 e. The Morgan fingerprint density at radius 3 is 2.38 bits per heavy atom. The molecular weight excluding hydrogens is 168 g/mol. The van der Waals surface area contributed by atoms with E-state index < -0.39 is 0 Å². The van der Waals surface area contributed by atoms with E-state index in [1.54, 1.807) is 6.92 Å². The molecule has 0 aliphatic rings. The van der Waals surface area contributed by atoms with Crippen molar-refractivity contribution in [3.05, 3.63) is 0 Å². The van der Waals surface area contributed by atoms with Crippen molar-refractivity contribution in [1.29, 1.82) is 0 Å². The molecule has 0 saturated carbocycles. The number of hydrogen-bond donors (Lipinski definition) is 3. The summed E-state index contributed by atoms with van der Waals surface area (Å²) in [5, 5.41) is 14.4. The van der Waals surface area contributed by atoms with E-state index >= 15 is 0 Å². The standard InChI is InChI=1S/C9H20N2O2/c1-7(6-12)11-8(13)5-10-9(2,3)4/h7,10,12H,5-6H2,1-4H3,(H,11,13). The first-order valence-electron chi connectivity index (χ1n) is 4.50. The molecule has 0 aliphatic heterocycles. The van der Waals surface area contributed by atoms with Crippen LogP contribution in [0.3, 0.4) is 0 Å². The quantitative estimate of drug-likeness (QED) is 0.576. The maximum absolute atomic E-state index is 11.2. The molecule has 1 atom stereocenters. The number of nitrogens with one attached hydrogen (secondary N) is 2. The van der Waals surface area contributed by atoms with E-state index in [2.05, 4.69) is 10.6 Å². The van der Waals surface area contributed by atoms with Crippen LogP contribution in [0.1, 0.15) is 27.7 Å². The van der Waals surface area contributed by atoms with Gasteiger partial charge in [-0.15, -0.1) is 0 Å². The highest BCUT2D eigenvalue weighted by Gasteiger charge is 2.12. The third kappa shape index (κ3) is 7.74. The van der Waals surface area contributed by atoms with Crippen LogP contribution in [-0.2, 0) is 4.79 Å². The molecule has 0 spiro atoms. The Morgan fingerprint density at radius 2 is 2.00 bits per heavy atom. The summed E-state index contributed by atoms with van der Waals surface area (Å²) in [4.78, 5) is 11.2. The van der Waals surface area contributed by atoms with Crippen LogP contribution in [-0.4, -0.2) is 35.7 Å². The van der Waals surface area contributed by atoms with Crippen molar-refractivity contribution in [3.8, 4) is 0 Å². The fraction of sp³-hybridized carbons (Fsp3) is 0.889. The Balaban J connectivity index is 3.64. The molecule has 0 aromatic heterocycles. The van der Waals surface area contributed by atoms with Gasteiger partial charge in [0.15, 0.2) is 0 Å². The molecule has 3 N–H and O–H groups in total. The summed E-state index contributed by atoms with van der Waals surface area (Å²) in [5.41, 5.74) is -0.0558. The highest BCUT2D eigenvalue weighted by atomic mass is 16.3. The van der Waals surface area contributed by atoms with E-state index in [1.807, 2.05) is 20.8 Å². The number of amides is 1. The number of carbonyl (C=O) groups is 1. The van der Waals surface area contributed by atoms with Crippen molar-refractivity contribution in [3.63, 3.8) is 0 Å². The van der Waals surface area contributed by atoms with Crippen LogP contribution in [0.2, 0.25) is 0 Å². The van der Waals surface area contributed by atoms with Crippen LogP contribution in [0.4, 0.5) is 0 Å². The van der Waals surface area contributed by atoms with Gasteiger partial charge in [0.1, 0.15) is 0 Å². The van der Waals surface area contributed by atoms with Gasteiger partial charge >= 0.3 is 0 Å². The molecule has 0 fully saturated rings. The zero-order valence-corrected chi connectivity index (χ0v) is 8.85. The Hall–Kier alpha value is -0.610. The van der Waals surface area contributed by atoms with Crippen molar-refractivity contribution < 1.29 is 9.90 Å². The molecule has 78 valence electrons. The molecule has 0 radical (unpaired) electrons. The van der Waals surface area contributed by atoms with Gasteiger partial charge in [0.2, 0.25) is 5.91 Å². The van der Waals surface area contributed by atoms with Gasteiger partial charge in [-0.1, -0.05) is 0 Å². The summed E-state index contributed by atoms with van der Waals surface area (Å²) < 4.78 is 0. The average molecular weight is 188 g/mol. The summed E-state index contributed by atoms with van der Waals surface area (Å²) in [6, 6.07) is -0.172. The van der Waals surface area contributed by atoms with Crippen molar-refractivity contribution in [2.24, 2.45) is 0 Å². The SMILES string of the molecule is CC(CO)NC(=O)CNC(C)(C)C. The second-order valence-electron chi connectivity index (χ2n) is 4.25. The van der Waals surface area contributed by atoms with Crippen molar-refractivity contribution in [1.82, 2.24) is 10.6 Å². The molecule has 1 unspecified atom stereocenters. The highest BCUT2D eigenvalue weighted by Crippen LogP contribution is 1.96. The second-order valence-corrected chi connectivity index (χ2v) is 4.25. The lowest BCUT2D eigenvalue weighted by Gasteiger charge is -2.20. The second kappa shape index (κ2) is 5.19. The molecule has 0 saturated heterocycles. The van der Waals surface area contributed by atoms with Crippen LogP contribution in [0.5, 0.6) is 0 Å². The van der Waals surface area contributed by atoms with E-state index in [9.17, 15) is 4.79 Å². The number of aliphatic hydroxyl groups excluding tert-OH is 1. The molecule has 0 bridgehead atoms. The highest BCUT2D eigenvalue weighted by molar-refractivity contribution is 5.78. The van der Waals surface area contributed by atoms with E-state index in [4.69, 9.17) is 5.11 Å². The van der Waals surface area contributed by atoms with E-state index in [0.29, 0.717) is 0 Å². The molecule has 0 heterocycles. The van der Waals surface area contributed by atoms with Gasteiger partial charge in [-0.05, 0) is 27.7 Å². The molecule has 0 aliphatic carbocycles. The van der Waals surface area contributed by atoms with Gasteiger partial charge in [-0.3, -0.25) is 4.79 Å². The first-order chi connectivity index (χ1) is 5.85. The van der Waals surface area contributed by atoms with Crippen LogP contribution < -0.4 is 10.6 Å². The number of aliphatic hydroxyl groups is 1. The molecule has 0 rings (SSSR count). The minimum absolute atomic E-state index is 0.0265. The fourth-order valence-corrected chi connectivity index (χ4v) is 0.717. The maximum Gasteiger partial charge on any atom is 0.234 e. The lowest BCUT2D eigenvalue weighted by molar-refractivity contribution is -0.121. The molecule has 0 aromatic rings. The number of carbonyl (C=O) groups excluding carboxylic acids is 1. The summed E-state index contributed by atoms with van der Waals surface area (Å²) >= 11 is 0. The Bertz CT molecular complexity index is 163. The van der Waals surface area contributed by atoms with E-state index in [1.165, 1.54) is 0 Å². The Morgan fingerprint density at radius 1 is 1.46 bits per heavy atom. The zero-order valence-electron chi connectivity index (χ0n) is 8.85. The predicted octanol–water partition coefficient (Wildman–Crippen LogP) is -0.128. The van der Waals surface area contributed by atoms with Crippen LogP contribution >= 0.6 is 0 Å². The normalized spacial score (nSPS) is 13.9. The minimum atomic E-state index is -0.172. The molecule has 4 nitrogen and oxygen atoms in total. The molecule has 4 heteroatoms. The van der Waals surface area contributed by atoms with E-state index in [0.717, 1.165) is 0 Å². The molecule has 13 heavy (non-hydrogen) atoms. The topological polar surface area (TPSA) is 61.4 Å². The zero-order chi connectivity index (χ0) is 10.5. The predicted molar refractivity (Wildman–Crippen MR) is 52.4 cm³/mol. The van der Waals surface area contributed by atoms with Gasteiger partial charge in [-0.2, -0.15) is 0 Å². The lowest BCUT2D eigenvalue weighted by atomic mass is 10.1. The summed E-state index contributed by atoms with van der Waals surface area (Å²) in [7, 11) is 0. The first-order valence-corrected chi connectivity index (χ1v) is 4.50. The molecule has 0 aromatic carbocycles. The largest absolute Gasteiger partial charge is 0.394 e. The summed E-state index contributed by atoms with van der Waals surface area (Å²) in [6.07, 6.45) is 0. The van der Waals surface area contributed by atoms with Crippen molar-refractivity contribution >= 4 is 5.91 Å². The Labute approximate surface area is 79.7 Å². The average Bonchev–Trinajstić information content (AvgIpc) is 1.99. The number of hydrogen-bond acceptors (Lipinski definition) is 3. The van der Waals surface area contributed by atoms with Crippen LogP contribution in [0, 0.1) is 0 Å². The summed E-state index contributed by atoms with van der Waals surface area (Å²) in [6.45, 7) is 8.01. The van der Waals surface area contributed by atoms with Crippen LogP contribution in [0.25, 0.3) is 0 Å². The van der Waals surface area contributed by atoms with Gasteiger partial charge in [-0.25, -0.2) is 0 Å². The van der Waals surface area contributed by atoms with Crippen molar-refractivity contribution in [2.75, 3.05) is 13.2 Å². The minimum Gasteiger partial charge on any atom is -0.394 e. The van der Waals surface area contributed by atoms with Crippen LogP contribution in [0.15, 0.2) is 0 Å². The van der Waals surface area contributed by atoms with Crippen molar-refractivity contribution in [2.45, 2.75) is 39.3 Å². The monoisotopic (exact) mass is 188 g/mol. The molecular formula is C9H20N2O2. The molecule has 1 amide bonds. The Kier molecular flexibility index (Phi) is 4.95.